The molecule has 2 aromatic rings. The number of nitrogens with one attached hydrogen (secondary N) is 1. The Hall–Kier alpha value is -2.93. The van der Waals surface area contributed by atoms with Crippen molar-refractivity contribution >= 4 is 17.4 Å². The maximum atomic E-state index is 12.3. The Labute approximate surface area is 147 Å². The molecule has 4 heteroatoms. The van der Waals surface area contributed by atoms with Gasteiger partial charge < -0.3 is 5.32 Å². The van der Waals surface area contributed by atoms with Crippen molar-refractivity contribution in [2.75, 3.05) is 5.32 Å². The van der Waals surface area contributed by atoms with Gasteiger partial charge in [0.15, 0.2) is 5.78 Å². The highest BCUT2D eigenvalue weighted by Crippen LogP contribution is 2.33. The van der Waals surface area contributed by atoms with Crippen molar-refractivity contribution in [2.45, 2.75) is 33.6 Å². The lowest BCUT2D eigenvalue weighted by Crippen LogP contribution is -2.27. The number of benzene rings is 1. The monoisotopic (exact) mass is 332 g/mol. The number of Topliss-reactive ketones (excluding diaryl/α,β-unsaturated/α-hetero) is 1. The standard InChI is InChI=1S/C21H20N2O2/c1-14(24)23-17-6-4-5-15(9-17)7-8-16-10-18-19(22-13-16)11-21(2,3)12-20(18)25/h4-6,9-10,13H,11-12H2,1-3H3,(H,23,24). The number of carbonyl (C=O) groups excluding carboxylic acids is 2. The lowest BCUT2D eigenvalue weighted by Gasteiger charge is -2.29. The first-order chi connectivity index (χ1) is 11.8. The molecule has 0 atom stereocenters. The number of ketones is 1. The van der Waals surface area contributed by atoms with Crippen LogP contribution < -0.4 is 5.32 Å². The van der Waals surface area contributed by atoms with Crippen LogP contribution in [0.3, 0.4) is 0 Å². The molecule has 0 bridgehead atoms. The van der Waals surface area contributed by atoms with Crippen molar-refractivity contribution < 1.29 is 9.59 Å². The molecule has 0 unspecified atom stereocenters. The molecule has 4 nitrogen and oxygen atoms in total. The van der Waals surface area contributed by atoms with Gasteiger partial charge >= 0.3 is 0 Å². The first kappa shape index (κ1) is 16.9. The number of carbonyl (C=O) groups is 2. The van der Waals surface area contributed by atoms with Gasteiger partial charge in [0.25, 0.3) is 0 Å². The average Bonchev–Trinajstić information content (AvgIpc) is 2.52. The van der Waals surface area contributed by atoms with Crippen molar-refractivity contribution in [3.8, 4) is 11.8 Å². The van der Waals surface area contributed by atoms with E-state index in [9.17, 15) is 9.59 Å². The van der Waals surface area contributed by atoms with Gasteiger partial charge in [0.1, 0.15) is 0 Å². The van der Waals surface area contributed by atoms with Gasteiger partial charge in [-0.15, -0.1) is 0 Å². The topological polar surface area (TPSA) is 59.1 Å². The highest BCUT2D eigenvalue weighted by atomic mass is 16.1. The van der Waals surface area contributed by atoms with Gasteiger partial charge in [-0.1, -0.05) is 31.8 Å². The lowest BCUT2D eigenvalue weighted by atomic mass is 9.75. The fourth-order valence-electron chi connectivity index (χ4n) is 3.01. The summed E-state index contributed by atoms with van der Waals surface area (Å²) < 4.78 is 0. The summed E-state index contributed by atoms with van der Waals surface area (Å²) in [5.41, 5.74) is 3.74. The minimum atomic E-state index is -0.120. The van der Waals surface area contributed by atoms with Gasteiger partial charge in [0.05, 0.1) is 5.69 Å². The van der Waals surface area contributed by atoms with Gasteiger partial charge in [-0.3, -0.25) is 14.6 Å². The molecular formula is C21H20N2O2. The second-order valence-electron chi connectivity index (χ2n) is 7.17. The molecule has 0 fully saturated rings. The van der Waals surface area contributed by atoms with Crippen LogP contribution in [-0.2, 0) is 11.2 Å². The smallest absolute Gasteiger partial charge is 0.221 e. The summed E-state index contributed by atoms with van der Waals surface area (Å²) in [7, 11) is 0. The number of nitrogens with zero attached hydrogens (tertiary/aromatic N) is 1. The largest absolute Gasteiger partial charge is 0.326 e. The van der Waals surface area contributed by atoms with Gasteiger partial charge in [-0.2, -0.15) is 0 Å². The zero-order valence-electron chi connectivity index (χ0n) is 14.6. The molecule has 1 amide bonds. The molecule has 0 saturated heterocycles. The van der Waals surface area contributed by atoms with E-state index in [0.717, 1.165) is 23.2 Å². The highest BCUT2D eigenvalue weighted by molar-refractivity contribution is 5.98. The van der Waals surface area contributed by atoms with Crippen LogP contribution >= 0.6 is 0 Å². The molecule has 0 spiro atoms. The van der Waals surface area contributed by atoms with Gasteiger partial charge in [-0.05, 0) is 36.1 Å². The third-order valence-electron chi connectivity index (χ3n) is 4.09. The van der Waals surface area contributed by atoms with E-state index in [2.05, 4.69) is 36.0 Å². The van der Waals surface area contributed by atoms with E-state index in [1.807, 2.05) is 30.3 Å². The molecule has 0 aliphatic heterocycles. The summed E-state index contributed by atoms with van der Waals surface area (Å²) in [5.74, 6) is 6.13. The van der Waals surface area contributed by atoms with Gasteiger partial charge in [0.2, 0.25) is 5.91 Å². The molecule has 25 heavy (non-hydrogen) atoms. The summed E-state index contributed by atoms with van der Waals surface area (Å²) >= 11 is 0. The number of hydrogen-bond acceptors (Lipinski definition) is 3. The summed E-state index contributed by atoms with van der Waals surface area (Å²) in [6.45, 7) is 5.64. The highest BCUT2D eigenvalue weighted by Gasteiger charge is 2.31. The van der Waals surface area contributed by atoms with Crippen molar-refractivity contribution in [1.82, 2.24) is 4.98 Å². The van der Waals surface area contributed by atoms with Crippen LogP contribution in [0.5, 0.6) is 0 Å². The SMILES string of the molecule is CC(=O)Nc1cccc(C#Cc2cnc3c(c2)C(=O)CC(C)(C)C3)c1. The maximum absolute atomic E-state index is 12.3. The first-order valence-electron chi connectivity index (χ1n) is 8.24. The van der Waals surface area contributed by atoms with Crippen LogP contribution in [0.15, 0.2) is 36.5 Å². The van der Waals surface area contributed by atoms with Crippen LogP contribution in [0.25, 0.3) is 0 Å². The molecular weight excluding hydrogens is 312 g/mol. The summed E-state index contributed by atoms with van der Waals surface area (Å²) in [6.07, 6.45) is 3.07. The van der Waals surface area contributed by atoms with E-state index < -0.39 is 0 Å². The van der Waals surface area contributed by atoms with E-state index in [0.29, 0.717) is 17.7 Å². The number of anilines is 1. The van der Waals surface area contributed by atoms with Crippen LogP contribution in [0.1, 0.15) is 54.4 Å². The van der Waals surface area contributed by atoms with Gasteiger partial charge in [-0.25, -0.2) is 0 Å². The van der Waals surface area contributed by atoms with Crippen molar-refractivity contribution in [1.29, 1.82) is 0 Å². The van der Waals surface area contributed by atoms with E-state index in [1.165, 1.54) is 6.92 Å². The first-order valence-corrected chi connectivity index (χ1v) is 8.24. The zero-order valence-corrected chi connectivity index (χ0v) is 14.6. The van der Waals surface area contributed by atoms with Crippen molar-refractivity contribution in [2.24, 2.45) is 5.41 Å². The third kappa shape index (κ3) is 4.13. The molecule has 1 aromatic carbocycles. The van der Waals surface area contributed by atoms with Crippen LogP contribution in [0.4, 0.5) is 5.69 Å². The fourth-order valence-corrected chi connectivity index (χ4v) is 3.01. The molecule has 1 aliphatic carbocycles. The van der Waals surface area contributed by atoms with E-state index in [-0.39, 0.29) is 17.1 Å². The number of amides is 1. The molecule has 1 aromatic heterocycles. The summed E-state index contributed by atoms with van der Waals surface area (Å²) in [6, 6.07) is 9.18. The van der Waals surface area contributed by atoms with Gasteiger partial charge in [0, 0.05) is 41.9 Å². The lowest BCUT2D eigenvalue weighted by molar-refractivity contribution is -0.114. The quantitative estimate of drug-likeness (QED) is 0.812. The fraction of sp³-hybridized carbons (Fsp3) is 0.286. The Morgan fingerprint density at radius 2 is 1.92 bits per heavy atom. The Bertz CT molecular complexity index is 917. The maximum Gasteiger partial charge on any atom is 0.221 e. The van der Waals surface area contributed by atoms with Crippen LogP contribution in [0.2, 0.25) is 0 Å². The predicted octanol–water partition coefficient (Wildman–Crippen LogP) is 3.59. The average molecular weight is 332 g/mol. The Morgan fingerprint density at radius 3 is 2.68 bits per heavy atom. The normalized spacial score (nSPS) is 14.9. The molecule has 1 aliphatic rings. The molecule has 0 radical (unpaired) electrons. The Balaban J connectivity index is 1.86. The number of rotatable bonds is 1. The predicted molar refractivity (Wildman–Crippen MR) is 97.4 cm³/mol. The van der Waals surface area contributed by atoms with Crippen LogP contribution in [0, 0.1) is 17.3 Å². The molecule has 1 heterocycles. The molecule has 126 valence electrons. The molecule has 3 rings (SSSR count). The minimum absolute atomic E-state index is 0.0333. The number of aromatic nitrogens is 1. The second-order valence-corrected chi connectivity index (χ2v) is 7.17. The summed E-state index contributed by atoms with van der Waals surface area (Å²) in [5, 5.41) is 2.73. The van der Waals surface area contributed by atoms with Crippen LogP contribution in [-0.4, -0.2) is 16.7 Å². The van der Waals surface area contributed by atoms with Crippen molar-refractivity contribution in [3.63, 3.8) is 0 Å². The second kappa shape index (κ2) is 6.52. The van der Waals surface area contributed by atoms with E-state index >= 15 is 0 Å². The molecule has 0 saturated carbocycles. The van der Waals surface area contributed by atoms with E-state index in [4.69, 9.17) is 0 Å². The number of pyridine rings is 1. The Morgan fingerprint density at radius 1 is 1.16 bits per heavy atom. The number of fused-ring (bicyclic) bond motifs is 1. The zero-order chi connectivity index (χ0) is 18.0. The molecule has 1 N–H and O–H groups in total. The van der Waals surface area contributed by atoms with E-state index in [1.54, 1.807) is 6.20 Å². The minimum Gasteiger partial charge on any atom is -0.326 e. The summed E-state index contributed by atoms with van der Waals surface area (Å²) in [4.78, 5) is 27.9. The third-order valence-corrected chi connectivity index (χ3v) is 4.09. The van der Waals surface area contributed by atoms with Crippen molar-refractivity contribution in [3.05, 3.63) is 58.9 Å². The Kier molecular flexibility index (Phi) is 4.41. The number of hydrogen-bond donors (Lipinski definition) is 1.